The Labute approximate surface area is 183 Å². The van der Waals surface area contributed by atoms with E-state index in [9.17, 15) is 4.79 Å². The van der Waals surface area contributed by atoms with Crippen LogP contribution in [0.3, 0.4) is 0 Å². The number of likely N-dealkylation sites (tertiary alicyclic amines) is 1. The maximum Gasteiger partial charge on any atom is 0.416 e. The highest BCUT2D eigenvalue weighted by molar-refractivity contribution is 5.88. The smallest absolute Gasteiger partial charge is 0.416 e. The van der Waals surface area contributed by atoms with E-state index in [2.05, 4.69) is 17.9 Å². The van der Waals surface area contributed by atoms with Crippen molar-refractivity contribution in [3.8, 4) is 0 Å². The van der Waals surface area contributed by atoms with Crippen molar-refractivity contribution >= 4 is 11.9 Å². The van der Waals surface area contributed by atoms with Crippen molar-refractivity contribution < 1.29 is 9.53 Å². The summed E-state index contributed by atoms with van der Waals surface area (Å²) in [5, 5.41) is 0. The molecule has 0 N–H and O–H groups in total. The molecule has 0 bridgehead atoms. The zero-order valence-electron chi connectivity index (χ0n) is 19.5. The molecule has 1 amide bonds. The summed E-state index contributed by atoms with van der Waals surface area (Å²) in [6, 6.07) is 4.73. The van der Waals surface area contributed by atoms with Crippen LogP contribution in [0.5, 0.6) is 0 Å². The van der Waals surface area contributed by atoms with E-state index in [-0.39, 0.29) is 12.1 Å². The van der Waals surface area contributed by atoms with Crippen LogP contribution in [-0.2, 0) is 4.74 Å². The van der Waals surface area contributed by atoms with Crippen LogP contribution in [0, 0.1) is 0 Å². The Morgan fingerprint density at radius 2 is 1.90 bits per heavy atom. The molecule has 1 aromatic heterocycles. The Morgan fingerprint density at radius 3 is 2.60 bits per heavy atom. The van der Waals surface area contributed by atoms with Crippen LogP contribution in [0.25, 0.3) is 0 Å². The van der Waals surface area contributed by atoms with Crippen LogP contribution in [0.4, 0.5) is 10.6 Å². The van der Waals surface area contributed by atoms with Crippen molar-refractivity contribution in [3.63, 3.8) is 0 Å². The van der Waals surface area contributed by atoms with Crippen LogP contribution in [0.2, 0.25) is 0 Å². The summed E-state index contributed by atoms with van der Waals surface area (Å²) in [6.45, 7) is 10.3. The number of carbonyl (C=O) groups excluding carboxylic acids is 1. The molecule has 168 valence electrons. The monoisotopic (exact) mass is 415 g/mol. The number of nitrogens with zero attached hydrogens (tertiary/aromatic N) is 3. The van der Waals surface area contributed by atoms with Gasteiger partial charge in [0.05, 0.1) is 0 Å². The molecule has 5 heteroatoms. The molecule has 1 saturated heterocycles. The maximum atomic E-state index is 13.4. The van der Waals surface area contributed by atoms with Gasteiger partial charge in [-0.2, -0.15) is 0 Å². The van der Waals surface area contributed by atoms with Crippen molar-refractivity contribution in [1.29, 1.82) is 0 Å². The predicted octanol–water partition coefficient (Wildman–Crippen LogP) is 6.48. The summed E-state index contributed by atoms with van der Waals surface area (Å²) in [4.78, 5) is 22.7. The Bertz CT molecular complexity index is 679. The number of ether oxygens (including phenoxy) is 1. The van der Waals surface area contributed by atoms with E-state index >= 15 is 0 Å². The number of carbonyl (C=O) groups is 1. The summed E-state index contributed by atoms with van der Waals surface area (Å²) in [6.07, 6.45) is 13.3. The molecule has 30 heavy (non-hydrogen) atoms. The fourth-order valence-electron chi connectivity index (χ4n) is 4.90. The molecule has 2 heterocycles. The van der Waals surface area contributed by atoms with Gasteiger partial charge in [-0.25, -0.2) is 9.78 Å². The lowest BCUT2D eigenvalue weighted by Gasteiger charge is -2.40. The van der Waals surface area contributed by atoms with E-state index in [1.807, 2.05) is 37.9 Å². The first-order valence-corrected chi connectivity index (χ1v) is 12.1. The van der Waals surface area contributed by atoms with Crippen LogP contribution < -0.4 is 4.90 Å². The third-order valence-electron chi connectivity index (χ3n) is 6.35. The molecule has 1 saturated carbocycles. The third-order valence-corrected chi connectivity index (χ3v) is 6.35. The third kappa shape index (κ3) is 5.96. The second-order valence-corrected chi connectivity index (χ2v) is 9.96. The molecule has 0 radical (unpaired) electrons. The van der Waals surface area contributed by atoms with Crippen molar-refractivity contribution in [2.75, 3.05) is 18.0 Å². The minimum absolute atomic E-state index is 0.176. The van der Waals surface area contributed by atoms with Crippen LogP contribution in [0.15, 0.2) is 18.3 Å². The molecule has 1 aliphatic carbocycles. The van der Waals surface area contributed by atoms with Gasteiger partial charge in [0.2, 0.25) is 0 Å². The molecule has 0 aromatic carbocycles. The first-order valence-electron chi connectivity index (χ1n) is 12.1. The lowest BCUT2D eigenvalue weighted by molar-refractivity contribution is 0.0555. The fourth-order valence-corrected chi connectivity index (χ4v) is 4.90. The van der Waals surface area contributed by atoms with Crippen molar-refractivity contribution in [2.45, 2.75) is 110 Å². The minimum atomic E-state index is -0.517. The van der Waals surface area contributed by atoms with Crippen molar-refractivity contribution in [1.82, 2.24) is 9.88 Å². The van der Waals surface area contributed by atoms with Gasteiger partial charge in [0, 0.05) is 23.8 Å². The highest BCUT2D eigenvalue weighted by Gasteiger charge is 2.35. The number of pyridine rings is 1. The largest absolute Gasteiger partial charge is 0.443 e. The lowest BCUT2D eigenvalue weighted by atomic mass is 9.92. The number of amides is 1. The second-order valence-electron chi connectivity index (χ2n) is 9.96. The number of hydrogen-bond donors (Lipinski definition) is 0. The SMILES string of the molecule is CCCCN1CCCCC1c1cccnc1N(C(=O)OC(C)(C)C)C1CCCCC1. The molecule has 2 aliphatic rings. The number of piperidine rings is 1. The Hall–Kier alpha value is -1.62. The second kappa shape index (κ2) is 10.6. The maximum absolute atomic E-state index is 13.4. The van der Waals surface area contributed by atoms with E-state index in [1.54, 1.807) is 0 Å². The highest BCUT2D eigenvalue weighted by Crippen LogP contribution is 2.38. The first kappa shape index (κ1) is 23.1. The van der Waals surface area contributed by atoms with Gasteiger partial charge in [0.1, 0.15) is 11.4 Å². The summed E-state index contributed by atoms with van der Waals surface area (Å²) < 4.78 is 5.87. The average molecular weight is 416 g/mol. The summed E-state index contributed by atoms with van der Waals surface area (Å²) in [7, 11) is 0. The van der Waals surface area contributed by atoms with E-state index in [0.29, 0.717) is 6.04 Å². The molecular formula is C25H41N3O2. The van der Waals surface area contributed by atoms with Crippen molar-refractivity contribution in [2.24, 2.45) is 0 Å². The molecular weight excluding hydrogens is 374 g/mol. The quantitative estimate of drug-likeness (QED) is 0.533. The number of anilines is 1. The van der Waals surface area contributed by atoms with Gasteiger partial charge in [-0.1, -0.05) is 45.1 Å². The van der Waals surface area contributed by atoms with E-state index in [1.165, 1.54) is 37.7 Å². The Balaban J connectivity index is 1.96. The standard InChI is InChI=1S/C25H41N3O2/c1-5-6-18-27-19-11-10-16-22(27)21-15-12-17-26-23(21)28(20-13-8-7-9-14-20)24(29)30-25(2,3)4/h12,15,17,20,22H,5-11,13-14,16,18-19H2,1-4H3. The average Bonchev–Trinajstić information content (AvgIpc) is 2.72. The molecule has 0 spiro atoms. The normalized spacial score (nSPS) is 21.4. The number of hydrogen-bond acceptors (Lipinski definition) is 4. The summed E-state index contributed by atoms with van der Waals surface area (Å²) in [5.41, 5.74) is 0.682. The molecule has 1 aliphatic heterocycles. The van der Waals surface area contributed by atoms with Gasteiger partial charge in [0.25, 0.3) is 0 Å². The molecule has 2 fully saturated rings. The zero-order chi connectivity index (χ0) is 21.6. The van der Waals surface area contributed by atoms with Crippen LogP contribution in [0.1, 0.15) is 104 Å². The molecule has 1 aromatic rings. The van der Waals surface area contributed by atoms with E-state index in [0.717, 1.165) is 51.0 Å². The summed E-state index contributed by atoms with van der Waals surface area (Å²) >= 11 is 0. The van der Waals surface area contributed by atoms with Gasteiger partial charge >= 0.3 is 6.09 Å². The van der Waals surface area contributed by atoms with Gasteiger partial charge in [-0.3, -0.25) is 9.80 Å². The van der Waals surface area contributed by atoms with Crippen LogP contribution >= 0.6 is 0 Å². The lowest BCUT2D eigenvalue weighted by Crippen LogP contribution is -2.46. The fraction of sp³-hybridized carbons (Fsp3) is 0.760. The Kier molecular flexibility index (Phi) is 8.15. The van der Waals surface area contributed by atoms with Gasteiger partial charge < -0.3 is 4.74 Å². The zero-order valence-corrected chi connectivity index (χ0v) is 19.5. The molecule has 1 unspecified atom stereocenters. The molecule has 5 nitrogen and oxygen atoms in total. The van der Waals surface area contributed by atoms with Gasteiger partial charge in [0.15, 0.2) is 0 Å². The van der Waals surface area contributed by atoms with Gasteiger partial charge in [-0.05, 0) is 72.0 Å². The van der Waals surface area contributed by atoms with E-state index < -0.39 is 5.60 Å². The summed E-state index contributed by atoms with van der Waals surface area (Å²) in [5.74, 6) is 0.826. The Morgan fingerprint density at radius 1 is 1.17 bits per heavy atom. The molecule has 3 rings (SSSR count). The number of unbranched alkanes of at least 4 members (excludes halogenated alkanes) is 1. The molecule has 1 atom stereocenters. The van der Waals surface area contributed by atoms with Crippen LogP contribution in [-0.4, -0.2) is 40.7 Å². The topological polar surface area (TPSA) is 45.7 Å². The minimum Gasteiger partial charge on any atom is -0.443 e. The predicted molar refractivity (Wildman–Crippen MR) is 123 cm³/mol. The first-order chi connectivity index (χ1) is 14.4. The van der Waals surface area contributed by atoms with E-state index in [4.69, 9.17) is 9.72 Å². The highest BCUT2D eigenvalue weighted by atomic mass is 16.6. The number of rotatable bonds is 6. The van der Waals surface area contributed by atoms with Gasteiger partial charge in [-0.15, -0.1) is 0 Å². The van der Waals surface area contributed by atoms with Crippen molar-refractivity contribution in [3.05, 3.63) is 23.9 Å². The number of aromatic nitrogens is 1.